The lowest BCUT2D eigenvalue weighted by atomic mass is 9.93. The Morgan fingerprint density at radius 1 is 1.47 bits per heavy atom. The van der Waals surface area contributed by atoms with E-state index in [1.807, 2.05) is 0 Å². The third-order valence-corrected chi connectivity index (χ3v) is 3.39. The van der Waals surface area contributed by atoms with Crippen molar-refractivity contribution in [2.24, 2.45) is 5.92 Å². The number of thiazole rings is 1. The summed E-state index contributed by atoms with van der Waals surface area (Å²) < 4.78 is 0. The SMILES string of the molecule is CC(CO)CCc1nc(C(C)(C)C)cs1. The monoisotopic (exact) mass is 227 g/mol. The Morgan fingerprint density at radius 2 is 2.13 bits per heavy atom. The molecule has 0 aliphatic heterocycles. The molecule has 1 rings (SSSR count). The van der Waals surface area contributed by atoms with Gasteiger partial charge in [0, 0.05) is 17.4 Å². The maximum atomic E-state index is 8.93. The minimum Gasteiger partial charge on any atom is -0.396 e. The minimum absolute atomic E-state index is 0.150. The summed E-state index contributed by atoms with van der Waals surface area (Å²) in [6.07, 6.45) is 2.01. The summed E-state index contributed by atoms with van der Waals surface area (Å²) >= 11 is 1.74. The maximum Gasteiger partial charge on any atom is 0.0928 e. The van der Waals surface area contributed by atoms with E-state index in [4.69, 9.17) is 5.11 Å². The highest BCUT2D eigenvalue weighted by Crippen LogP contribution is 2.24. The van der Waals surface area contributed by atoms with Gasteiger partial charge in [0.2, 0.25) is 0 Å². The van der Waals surface area contributed by atoms with Gasteiger partial charge in [-0.15, -0.1) is 11.3 Å². The zero-order valence-electron chi connectivity index (χ0n) is 10.1. The Morgan fingerprint density at radius 3 is 2.60 bits per heavy atom. The van der Waals surface area contributed by atoms with E-state index in [0.717, 1.165) is 12.8 Å². The van der Waals surface area contributed by atoms with Gasteiger partial charge < -0.3 is 5.11 Å². The van der Waals surface area contributed by atoms with Gasteiger partial charge >= 0.3 is 0 Å². The van der Waals surface area contributed by atoms with Crippen molar-refractivity contribution in [1.29, 1.82) is 0 Å². The summed E-state index contributed by atoms with van der Waals surface area (Å²) in [6, 6.07) is 0. The molecular weight excluding hydrogens is 206 g/mol. The minimum atomic E-state index is 0.150. The summed E-state index contributed by atoms with van der Waals surface area (Å²) in [5.41, 5.74) is 1.33. The van der Waals surface area contributed by atoms with Crippen LogP contribution < -0.4 is 0 Å². The van der Waals surface area contributed by atoms with Crippen LogP contribution in [0.2, 0.25) is 0 Å². The largest absolute Gasteiger partial charge is 0.396 e. The molecule has 0 saturated carbocycles. The number of hydrogen-bond donors (Lipinski definition) is 1. The molecule has 0 fully saturated rings. The molecule has 0 aliphatic carbocycles. The third-order valence-electron chi connectivity index (χ3n) is 2.48. The Kier molecular flexibility index (Phi) is 4.29. The number of aromatic nitrogens is 1. The summed E-state index contributed by atoms with van der Waals surface area (Å²) in [5.74, 6) is 0.381. The van der Waals surface area contributed by atoms with Crippen molar-refractivity contribution in [2.45, 2.75) is 46.0 Å². The second-order valence-electron chi connectivity index (χ2n) is 5.20. The van der Waals surface area contributed by atoms with Crippen LogP contribution in [0.1, 0.15) is 44.8 Å². The van der Waals surface area contributed by atoms with Gasteiger partial charge in [-0.05, 0) is 18.8 Å². The van der Waals surface area contributed by atoms with E-state index in [2.05, 4.69) is 38.1 Å². The molecule has 0 bridgehead atoms. The van der Waals surface area contributed by atoms with Crippen LogP contribution in [0.15, 0.2) is 5.38 Å². The highest BCUT2D eigenvalue weighted by atomic mass is 32.1. The van der Waals surface area contributed by atoms with Crippen LogP contribution in [0.25, 0.3) is 0 Å². The Hall–Kier alpha value is -0.410. The number of nitrogens with zero attached hydrogens (tertiary/aromatic N) is 1. The first kappa shape index (κ1) is 12.7. The van der Waals surface area contributed by atoms with Gasteiger partial charge in [0.05, 0.1) is 10.7 Å². The van der Waals surface area contributed by atoms with Gasteiger partial charge in [0.25, 0.3) is 0 Å². The quantitative estimate of drug-likeness (QED) is 0.857. The van der Waals surface area contributed by atoms with Gasteiger partial charge in [-0.3, -0.25) is 0 Å². The van der Waals surface area contributed by atoms with Crippen molar-refractivity contribution in [3.8, 4) is 0 Å². The fourth-order valence-corrected chi connectivity index (χ4v) is 2.27. The predicted molar refractivity (Wildman–Crippen MR) is 65.4 cm³/mol. The molecule has 0 aliphatic rings. The summed E-state index contributed by atoms with van der Waals surface area (Å²) in [7, 11) is 0. The second-order valence-corrected chi connectivity index (χ2v) is 6.15. The first-order chi connectivity index (χ1) is 6.93. The molecule has 0 saturated heterocycles. The molecule has 1 aromatic heterocycles. The lowest BCUT2D eigenvalue weighted by Crippen LogP contribution is -2.11. The van der Waals surface area contributed by atoms with Gasteiger partial charge in [-0.2, -0.15) is 0 Å². The molecule has 1 heterocycles. The molecule has 0 radical (unpaired) electrons. The number of aryl methyl sites for hydroxylation is 1. The van der Waals surface area contributed by atoms with E-state index in [0.29, 0.717) is 5.92 Å². The van der Waals surface area contributed by atoms with E-state index in [-0.39, 0.29) is 12.0 Å². The first-order valence-electron chi connectivity index (χ1n) is 5.49. The van der Waals surface area contributed by atoms with E-state index in [1.54, 1.807) is 11.3 Å². The molecule has 1 unspecified atom stereocenters. The second kappa shape index (κ2) is 5.08. The normalized spacial score (nSPS) is 14.2. The predicted octanol–water partition coefficient (Wildman–Crippen LogP) is 3.00. The van der Waals surface area contributed by atoms with Crippen LogP contribution in [-0.2, 0) is 11.8 Å². The highest BCUT2D eigenvalue weighted by Gasteiger charge is 2.17. The molecule has 0 spiro atoms. The Bertz CT molecular complexity index is 301. The van der Waals surface area contributed by atoms with Gasteiger partial charge in [-0.1, -0.05) is 27.7 Å². The average molecular weight is 227 g/mol. The van der Waals surface area contributed by atoms with Crippen LogP contribution >= 0.6 is 11.3 Å². The van der Waals surface area contributed by atoms with Crippen LogP contribution in [0.4, 0.5) is 0 Å². The molecule has 15 heavy (non-hydrogen) atoms. The summed E-state index contributed by atoms with van der Waals surface area (Å²) in [5, 5.41) is 12.3. The number of aliphatic hydroxyl groups is 1. The molecule has 1 N–H and O–H groups in total. The zero-order valence-corrected chi connectivity index (χ0v) is 10.9. The molecule has 1 atom stereocenters. The smallest absolute Gasteiger partial charge is 0.0928 e. The molecule has 1 aromatic rings. The number of aliphatic hydroxyl groups excluding tert-OH is 1. The fourth-order valence-electron chi connectivity index (χ4n) is 1.23. The van der Waals surface area contributed by atoms with Gasteiger partial charge in [0.1, 0.15) is 0 Å². The molecule has 0 aromatic carbocycles. The molecular formula is C12H21NOS. The summed E-state index contributed by atoms with van der Waals surface area (Å²) in [4.78, 5) is 4.62. The third kappa shape index (κ3) is 3.92. The van der Waals surface area contributed by atoms with Crippen LogP contribution in [0, 0.1) is 5.92 Å². The highest BCUT2D eigenvalue weighted by molar-refractivity contribution is 7.09. The van der Waals surface area contributed by atoms with Gasteiger partial charge in [0.15, 0.2) is 0 Å². The zero-order chi connectivity index (χ0) is 11.5. The van der Waals surface area contributed by atoms with Crippen molar-refractivity contribution in [1.82, 2.24) is 4.98 Å². The maximum absolute atomic E-state index is 8.93. The Labute approximate surface area is 96.4 Å². The summed E-state index contributed by atoms with van der Waals surface area (Å²) in [6.45, 7) is 8.89. The standard InChI is InChI=1S/C12H21NOS/c1-9(7-14)5-6-11-13-10(8-15-11)12(2,3)4/h8-9,14H,5-7H2,1-4H3. The van der Waals surface area contributed by atoms with E-state index < -0.39 is 0 Å². The fraction of sp³-hybridized carbons (Fsp3) is 0.750. The van der Waals surface area contributed by atoms with Crippen molar-refractivity contribution >= 4 is 11.3 Å². The van der Waals surface area contributed by atoms with E-state index >= 15 is 0 Å². The van der Waals surface area contributed by atoms with Crippen molar-refractivity contribution in [3.05, 3.63) is 16.1 Å². The Balaban J connectivity index is 2.54. The lowest BCUT2D eigenvalue weighted by molar-refractivity contribution is 0.230. The van der Waals surface area contributed by atoms with Crippen LogP contribution in [0.3, 0.4) is 0 Å². The first-order valence-corrected chi connectivity index (χ1v) is 6.37. The molecule has 0 amide bonds. The van der Waals surface area contributed by atoms with Gasteiger partial charge in [-0.25, -0.2) is 4.98 Å². The molecule has 2 nitrogen and oxygen atoms in total. The number of hydrogen-bond acceptors (Lipinski definition) is 3. The molecule has 86 valence electrons. The van der Waals surface area contributed by atoms with Crippen molar-refractivity contribution in [3.63, 3.8) is 0 Å². The van der Waals surface area contributed by atoms with E-state index in [1.165, 1.54) is 10.7 Å². The number of rotatable bonds is 4. The van der Waals surface area contributed by atoms with Crippen molar-refractivity contribution < 1.29 is 5.11 Å². The topological polar surface area (TPSA) is 33.1 Å². The van der Waals surface area contributed by atoms with Crippen molar-refractivity contribution in [2.75, 3.05) is 6.61 Å². The lowest BCUT2D eigenvalue weighted by Gasteiger charge is -2.14. The van der Waals surface area contributed by atoms with Crippen LogP contribution in [-0.4, -0.2) is 16.7 Å². The molecule has 3 heteroatoms. The van der Waals surface area contributed by atoms with E-state index in [9.17, 15) is 0 Å². The van der Waals surface area contributed by atoms with Crippen LogP contribution in [0.5, 0.6) is 0 Å². The average Bonchev–Trinajstić information content (AvgIpc) is 2.61.